The Morgan fingerprint density at radius 3 is 2.29 bits per heavy atom. The minimum Gasteiger partial charge on any atom is -0.457 e. The predicted molar refractivity (Wildman–Crippen MR) is 88.7 cm³/mol. The summed E-state index contributed by atoms with van der Waals surface area (Å²) < 4.78 is 30.2. The Kier molecular flexibility index (Phi) is 5.71. The third kappa shape index (κ3) is 4.00. The lowest BCUT2D eigenvalue weighted by atomic mass is 10.1. The van der Waals surface area contributed by atoms with Crippen molar-refractivity contribution >= 4 is 16.0 Å². The first-order chi connectivity index (χ1) is 11.4. The Labute approximate surface area is 141 Å². The Morgan fingerprint density at radius 2 is 1.71 bits per heavy atom. The molecule has 2 aromatic carbocycles. The largest absolute Gasteiger partial charge is 0.457 e. The van der Waals surface area contributed by atoms with E-state index in [2.05, 4.69) is 0 Å². The molecule has 128 valence electrons. The molecule has 0 radical (unpaired) electrons. The summed E-state index contributed by atoms with van der Waals surface area (Å²) in [5.41, 5.74) is 2.24. The number of esters is 1. The highest BCUT2D eigenvalue weighted by atomic mass is 32.2. The summed E-state index contributed by atoms with van der Waals surface area (Å²) in [4.78, 5) is 16.8. The van der Waals surface area contributed by atoms with Gasteiger partial charge in [-0.1, -0.05) is 28.7 Å². The zero-order chi connectivity index (χ0) is 17.7. The molecule has 2 rings (SSSR count). The summed E-state index contributed by atoms with van der Waals surface area (Å²) in [6.07, 6.45) is 0. The van der Waals surface area contributed by atoms with E-state index in [1.54, 1.807) is 0 Å². The maximum absolute atomic E-state index is 12.1. The zero-order valence-electron chi connectivity index (χ0n) is 13.7. The van der Waals surface area contributed by atoms with Crippen LogP contribution in [0.4, 0.5) is 0 Å². The van der Waals surface area contributed by atoms with Gasteiger partial charge >= 0.3 is 5.97 Å². The summed E-state index contributed by atoms with van der Waals surface area (Å²) >= 11 is 0. The molecule has 7 heteroatoms. The van der Waals surface area contributed by atoms with Crippen molar-refractivity contribution in [1.29, 1.82) is 0 Å². The molecule has 2 aromatic rings. The predicted octanol–water partition coefficient (Wildman–Crippen LogP) is 2.53. The van der Waals surface area contributed by atoms with Crippen LogP contribution in [0.3, 0.4) is 0 Å². The first-order valence-corrected chi connectivity index (χ1v) is 8.65. The lowest BCUT2D eigenvalue weighted by molar-refractivity contribution is -0.0258. The fourth-order valence-electron chi connectivity index (χ4n) is 2.01. The van der Waals surface area contributed by atoms with Crippen LogP contribution >= 0.6 is 0 Å². The lowest BCUT2D eigenvalue weighted by Gasteiger charge is -2.14. The van der Waals surface area contributed by atoms with E-state index in [4.69, 9.17) is 9.57 Å². The number of aryl methyl sites for hydroxylation is 1. The van der Waals surface area contributed by atoms with Crippen LogP contribution in [-0.2, 0) is 26.2 Å². The van der Waals surface area contributed by atoms with Gasteiger partial charge < -0.3 is 4.74 Å². The molecule has 0 amide bonds. The lowest BCUT2D eigenvalue weighted by Crippen LogP contribution is -2.25. The van der Waals surface area contributed by atoms with E-state index in [9.17, 15) is 13.2 Å². The number of carbonyl (C=O) groups excluding carboxylic acids is 1. The van der Waals surface area contributed by atoms with Crippen LogP contribution in [0, 0.1) is 6.92 Å². The van der Waals surface area contributed by atoms with E-state index in [0.717, 1.165) is 15.6 Å². The average molecular weight is 349 g/mol. The van der Waals surface area contributed by atoms with Crippen LogP contribution in [0.1, 0.15) is 21.5 Å². The minimum atomic E-state index is -3.73. The molecule has 24 heavy (non-hydrogen) atoms. The molecule has 0 aliphatic rings. The van der Waals surface area contributed by atoms with Crippen molar-refractivity contribution in [1.82, 2.24) is 4.47 Å². The fourth-order valence-corrected chi connectivity index (χ4v) is 2.98. The molecule has 0 aliphatic heterocycles. The van der Waals surface area contributed by atoms with Gasteiger partial charge in [0.25, 0.3) is 10.0 Å². The second-order valence-corrected chi connectivity index (χ2v) is 7.06. The maximum Gasteiger partial charge on any atom is 0.338 e. The summed E-state index contributed by atoms with van der Waals surface area (Å²) in [5, 5.41) is 0. The second kappa shape index (κ2) is 7.57. The molecule has 0 heterocycles. The molecule has 0 spiro atoms. The molecule has 0 saturated carbocycles. The molecular weight excluding hydrogens is 330 g/mol. The van der Waals surface area contributed by atoms with E-state index in [-0.39, 0.29) is 17.1 Å². The van der Waals surface area contributed by atoms with E-state index >= 15 is 0 Å². The topological polar surface area (TPSA) is 72.9 Å². The number of hydrogen-bond donors (Lipinski definition) is 0. The van der Waals surface area contributed by atoms with Gasteiger partial charge in [-0.3, -0.25) is 4.84 Å². The highest BCUT2D eigenvalue weighted by molar-refractivity contribution is 7.89. The van der Waals surface area contributed by atoms with E-state index < -0.39 is 16.0 Å². The van der Waals surface area contributed by atoms with Gasteiger partial charge in [0.05, 0.1) is 17.6 Å². The smallest absolute Gasteiger partial charge is 0.338 e. The number of carbonyl (C=O) groups is 1. The van der Waals surface area contributed by atoms with Gasteiger partial charge in [0, 0.05) is 7.05 Å². The maximum atomic E-state index is 12.1. The summed E-state index contributed by atoms with van der Waals surface area (Å²) in [5.74, 6) is -0.512. The van der Waals surface area contributed by atoms with E-state index in [0.29, 0.717) is 0 Å². The monoisotopic (exact) mass is 349 g/mol. The van der Waals surface area contributed by atoms with Crippen LogP contribution in [0.2, 0.25) is 0 Å². The molecule has 6 nitrogen and oxygen atoms in total. The van der Waals surface area contributed by atoms with Gasteiger partial charge in [0.15, 0.2) is 0 Å². The number of ether oxygens (including phenoxy) is 1. The van der Waals surface area contributed by atoms with Gasteiger partial charge in [-0.15, -0.1) is 0 Å². The standard InChI is InChI=1S/C17H19NO5S/c1-13-6-4-5-7-15(13)12-23-17(19)14-8-10-16(11-9-14)24(20,21)18(2)22-3/h4-11H,12H2,1-3H3. The number of sulfonamides is 1. The Morgan fingerprint density at radius 1 is 1.08 bits per heavy atom. The molecule has 0 fully saturated rings. The quantitative estimate of drug-likeness (QED) is 0.592. The van der Waals surface area contributed by atoms with Crippen molar-refractivity contribution in [2.45, 2.75) is 18.4 Å². The minimum absolute atomic E-state index is 0.0299. The highest BCUT2D eigenvalue weighted by Gasteiger charge is 2.21. The van der Waals surface area contributed by atoms with E-state index in [1.165, 1.54) is 38.4 Å². The van der Waals surface area contributed by atoms with Crippen molar-refractivity contribution in [3.05, 3.63) is 65.2 Å². The molecule has 0 aliphatic carbocycles. The highest BCUT2D eigenvalue weighted by Crippen LogP contribution is 2.16. The molecule has 0 N–H and O–H groups in total. The number of hydroxylamine groups is 1. The third-order valence-corrected chi connectivity index (χ3v) is 5.30. The Bertz CT molecular complexity index is 815. The zero-order valence-corrected chi connectivity index (χ0v) is 14.5. The molecular formula is C17H19NO5S. The fraction of sp³-hybridized carbons (Fsp3) is 0.235. The average Bonchev–Trinajstić information content (AvgIpc) is 2.60. The number of nitrogens with zero attached hydrogens (tertiary/aromatic N) is 1. The van der Waals surface area contributed by atoms with Gasteiger partial charge in [-0.05, 0) is 42.3 Å². The summed E-state index contributed by atoms with van der Waals surface area (Å²) in [6, 6.07) is 13.1. The van der Waals surface area contributed by atoms with Crippen LogP contribution < -0.4 is 0 Å². The van der Waals surface area contributed by atoms with Gasteiger partial charge in [-0.25, -0.2) is 13.2 Å². The first-order valence-electron chi connectivity index (χ1n) is 7.21. The number of benzene rings is 2. The van der Waals surface area contributed by atoms with Crippen LogP contribution in [0.5, 0.6) is 0 Å². The SMILES string of the molecule is CON(C)S(=O)(=O)c1ccc(C(=O)OCc2ccccc2C)cc1. The van der Waals surface area contributed by atoms with Crippen molar-refractivity contribution in [2.75, 3.05) is 14.2 Å². The van der Waals surface area contributed by atoms with Crippen molar-refractivity contribution in [3.8, 4) is 0 Å². The normalized spacial score (nSPS) is 11.5. The number of rotatable bonds is 6. The van der Waals surface area contributed by atoms with Gasteiger partial charge in [-0.2, -0.15) is 0 Å². The van der Waals surface area contributed by atoms with Gasteiger partial charge in [0.2, 0.25) is 0 Å². The first kappa shape index (κ1) is 18.1. The Hall–Kier alpha value is -2.22. The Balaban J connectivity index is 2.08. The molecule has 0 aromatic heterocycles. The molecule has 0 atom stereocenters. The van der Waals surface area contributed by atoms with E-state index in [1.807, 2.05) is 31.2 Å². The summed E-state index contributed by atoms with van der Waals surface area (Å²) in [6.45, 7) is 2.10. The van der Waals surface area contributed by atoms with Gasteiger partial charge in [0.1, 0.15) is 6.61 Å². The molecule has 0 saturated heterocycles. The van der Waals surface area contributed by atoms with Crippen LogP contribution in [0.25, 0.3) is 0 Å². The molecule has 0 unspecified atom stereocenters. The van der Waals surface area contributed by atoms with Crippen molar-refractivity contribution < 1.29 is 22.8 Å². The second-order valence-electron chi connectivity index (χ2n) is 5.12. The number of hydrogen-bond acceptors (Lipinski definition) is 5. The van der Waals surface area contributed by atoms with Crippen LogP contribution in [0.15, 0.2) is 53.4 Å². The molecule has 0 bridgehead atoms. The third-order valence-electron chi connectivity index (χ3n) is 3.60. The van der Waals surface area contributed by atoms with Crippen molar-refractivity contribution in [3.63, 3.8) is 0 Å². The van der Waals surface area contributed by atoms with Crippen LogP contribution in [-0.4, -0.2) is 33.0 Å². The summed E-state index contributed by atoms with van der Waals surface area (Å²) in [7, 11) is -1.18. The van der Waals surface area contributed by atoms with Crippen molar-refractivity contribution in [2.24, 2.45) is 0 Å².